The highest BCUT2D eigenvalue weighted by Crippen LogP contribution is 2.10. The number of amides is 1. The number of rotatable bonds is 4. The largest absolute Gasteiger partial charge is 0.374 e. The molecule has 1 atom stereocenters. The zero-order valence-corrected chi connectivity index (χ0v) is 14.5. The molecule has 0 spiro atoms. The van der Waals surface area contributed by atoms with Gasteiger partial charge in [0.25, 0.3) is 0 Å². The number of nitrogens with zero attached hydrogens (tertiary/aromatic N) is 2. The average molecular weight is 402 g/mol. The molecule has 1 fully saturated rings. The van der Waals surface area contributed by atoms with Crippen molar-refractivity contribution in [2.45, 2.75) is 6.10 Å². The maximum Gasteiger partial charge on any atom is 0.239 e. The number of morpholine rings is 1. The number of aromatic nitrogens is 1. The summed E-state index contributed by atoms with van der Waals surface area (Å²) in [5.74, 6) is 0.476. The van der Waals surface area contributed by atoms with Crippen molar-refractivity contribution in [2.24, 2.45) is 5.73 Å². The molecule has 1 aromatic rings. The zero-order valence-electron chi connectivity index (χ0n) is 11.3. The van der Waals surface area contributed by atoms with E-state index in [1.54, 1.807) is 12.3 Å². The lowest BCUT2D eigenvalue weighted by Gasteiger charge is -2.31. The summed E-state index contributed by atoms with van der Waals surface area (Å²) in [4.78, 5) is 18.0. The Hall–Kier alpha value is -0.440. The number of ether oxygens (including phenoxy) is 1. The van der Waals surface area contributed by atoms with Crippen LogP contribution in [0.15, 0.2) is 22.8 Å². The van der Waals surface area contributed by atoms with E-state index in [-0.39, 0.29) is 36.8 Å². The fraction of sp³-hybridized carbons (Fsp3) is 0.500. The number of nitrogens with two attached hydrogens (primary N) is 1. The molecule has 0 radical (unpaired) electrons. The minimum atomic E-state index is -0.0764. The smallest absolute Gasteiger partial charge is 0.239 e. The third kappa shape index (κ3) is 6.90. The molecule has 1 aliphatic heterocycles. The summed E-state index contributed by atoms with van der Waals surface area (Å²) in [5, 5.41) is 2.76. The van der Waals surface area contributed by atoms with Crippen LogP contribution in [0.25, 0.3) is 0 Å². The van der Waals surface area contributed by atoms with Crippen molar-refractivity contribution >= 4 is 52.5 Å². The SMILES string of the molecule is Cl.Cl.NCC1CN(CC(=O)Nc2ccc(Br)cn2)CCO1. The Bertz CT molecular complexity index is 436. The maximum atomic E-state index is 11.9. The minimum Gasteiger partial charge on any atom is -0.374 e. The van der Waals surface area contributed by atoms with Crippen LogP contribution in [0, 0.1) is 0 Å². The average Bonchev–Trinajstić information content (AvgIpc) is 2.41. The highest BCUT2D eigenvalue weighted by molar-refractivity contribution is 9.10. The Labute approximate surface area is 144 Å². The monoisotopic (exact) mass is 400 g/mol. The predicted octanol–water partition coefficient (Wildman–Crippen LogP) is 1.29. The predicted molar refractivity (Wildman–Crippen MR) is 90.3 cm³/mol. The Morgan fingerprint density at radius 2 is 2.29 bits per heavy atom. The van der Waals surface area contributed by atoms with Crippen LogP contribution in [-0.2, 0) is 9.53 Å². The molecule has 1 saturated heterocycles. The van der Waals surface area contributed by atoms with Gasteiger partial charge in [-0.3, -0.25) is 9.69 Å². The van der Waals surface area contributed by atoms with Crippen molar-refractivity contribution in [1.82, 2.24) is 9.88 Å². The first-order valence-electron chi connectivity index (χ1n) is 6.13. The zero-order chi connectivity index (χ0) is 13.7. The second-order valence-corrected chi connectivity index (χ2v) is 5.29. The maximum absolute atomic E-state index is 11.9. The first-order valence-corrected chi connectivity index (χ1v) is 6.92. The van der Waals surface area contributed by atoms with Crippen molar-refractivity contribution in [3.05, 3.63) is 22.8 Å². The molecule has 6 nitrogen and oxygen atoms in total. The van der Waals surface area contributed by atoms with Crippen molar-refractivity contribution in [3.63, 3.8) is 0 Å². The van der Waals surface area contributed by atoms with Gasteiger partial charge < -0.3 is 15.8 Å². The van der Waals surface area contributed by atoms with Gasteiger partial charge in [-0.05, 0) is 28.1 Å². The van der Waals surface area contributed by atoms with E-state index < -0.39 is 0 Å². The van der Waals surface area contributed by atoms with Gasteiger partial charge in [-0.1, -0.05) is 0 Å². The van der Waals surface area contributed by atoms with E-state index in [2.05, 4.69) is 26.2 Å². The molecule has 21 heavy (non-hydrogen) atoms. The lowest BCUT2D eigenvalue weighted by atomic mass is 10.2. The summed E-state index contributed by atoms with van der Waals surface area (Å²) in [6.45, 7) is 2.87. The molecule has 0 aliphatic carbocycles. The van der Waals surface area contributed by atoms with Crippen LogP contribution in [-0.4, -0.2) is 54.7 Å². The highest BCUT2D eigenvalue weighted by atomic mass is 79.9. The van der Waals surface area contributed by atoms with Crippen LogP contribution in [0.5, 0.6) is 0 Å². The van der Waals surface area contributed by atoms with E-state index in [4.69, 9.17) is 10.5 Å². The van der Waals surface area contributed by atoms with Gasteiger partial charge in [0.2, 0.25) is 5.91 Å². The third-order valence-electron chi connectivity index (χ3n) is 2.85. The third-order valence-corrected chi connectivity index (χ3v) is 3.32. The molecule has 0 bridgehead atoms. The second kappa shape index (κ2) is 10.3. The van der Waals surface area contributed by atoms with E-state index in [0.29, 0.717) is 32.1 Å². The van der Waals surface area contributed by atoms with Crippen LogP contribution < -0.4 is 11.1 Å². The fourth-order valence-electron chi connectivity index (χ4n) is 1.90. The Balaban J connectivity index is 0.00000200. The Morgan fingerprint density at radius 3 is 2.90 bits per heavy atom. The molecule has 9 heteroatoms. The second-order valence-electron chi connectivity index (χ2n) is 4.37. The lowest BCUT2D eigenvalue weighted by Crippen LogP contribution is -2.48. The minimum absolute atomic E-state index is 0. The van der Waals surface area contributed by atoms with Gasteiger partial charge in [-0.15, -0.1) is 24.8 Å². The summed E-state index contributed by atoms with van der Waals surface area (Å²) in [7, 11) is 0. The Kier molecular flexibility index (Phi) is 10.1. The molecule has 1 unspecified atom stereocenters. The molecule has 0 saturated carbocycles. The van der Waals surface area contributed by atoms with Gasteiger partial charge in [-0.25, -0.2) is 4.98 Å². The molecule has 1 amide bonds. The topological polar surface area (TPSA) is 80.5 Å². The van der Waals surface area contributed by atoms with Crippen molar-refractivity contribution in [1.29, 1.82) is 0 Å². The number of nitrogens with one attached hydrogen (secondary N) is 1. The molecule has 2 heterocycles. The number of halogens is 3. The molecule has 1 aliphatic rings. The molecular formula is C12H19BrCl2N4O2. The van der Waals surface area contributed by atoms with Crippen LogP contribution in [0.4, 0.5) is 5.82 Å². The molecule has 3 N–H and O–H groups in total. The van der Waals surface area contributed by atoms with Crippen molar-refractivity contribution in [3.8, 4) is 0 Å². The van der Waals surface area contributed by atoms with Crippen molar-refractivity contribution < 1.29 is 9.53 Å². The van der Waals surface area contributed by atoms with Gasteiger partial charge in [0.15, 0.2) is 0 Å². The molecular weight excluding hydrogens is 383 g/mol. The van der Waals surface area contributed by atoms with Crippen molar-refractivity contribution in [2.75, 3.05) is 38.1 Å². The van der Waals surface area contributed by atoms with Gasteiger partial charge in [0, 0.05) is 30.3 Å². The summed E-state index contributed by atoms with van der Waals surface area (Å²) in [5.41, 5.74) is 5.57. The lowest BCUT2D eigenvalue weighted by molar-refractivity contribution is -0.119. The van der Waals surface area contributed by atoms with E-state index in [0.717, 1.165) is 11.0 Å². The number of hydrogen-bond acceptors (Lipinski definition) is 5. The number of anilines is 1. The van der Waals surface area contributed by atoms with Crippen LogP contribution in [0.3, 0.4) is 0 Å². The molecule has 120 valence electrons. The summed E-state index contributed by atoms with van der Waals surface area (Å²) in [6.07, 6.45) is 1.67. The standard InChI is InChI=1S/C12H17BrN4O2.2ClH/c13-9-1-2-11(15-6-9)16-12(18)8-17-3-4-19-10(5-14)7-17;;/h1-2,6,10H,3-5,7-8,14H2,(H,15,16,18);2*1H. The van der Waals surface area contributed by atoms with Crippen LogP contribution in [0.1, 0.15) is 0 Å². The normalized spacial score (nSPS) is 18.3. The van der Waals surface area contributed by atoms with E-state index in [9.17, 15) is 4.79 Å². The number of pyridine rings is 1. The Morgan fingerprint density at radius 1 is 1.52 bits per heavy atom. The van der Waals surface area contributed by atoms with Gasteiger partial charge >= 0.3 is 0 Å². The van der Waals surface area contributed by atoms with Crippen LogP contribution in [0.2, 0.25) is 0 Å². The highest BCUT2D eigenvalue weighted by Gasteiger charge is 2.21. The van der Waals surface area contributed by atoms with Gasteiger partial charge in [0.05, 0.1) is 19.3 Å². The van der Waals surface area contributed by atoms with Gasteiger partial charge in [0.1, 0.15) is 5.82 Å². The van der Waals surface area contributed by atoms with E-state index in [1.807, 2.05) is 11.0 Å². The van der Waals surface area contributed by atoms with E-state index >= 15 is 0 Å². The first-order chi connectivity index (χ1) is 9.17. The molecule has 1 aromatic heterocycles. The molecule has 2 rings (SSSR count). The summed E-state index contributed by atoms with van der Waals surface area (Å²) < 4.78 is 6.33. The fourth-order valence-corrected chi connectivity index (χ4v) is 2.14. The van der Waals surface area contributed by atoms with E-state index in [1.165, 1.54) is 0 Å². The quantitative estimate of drug-likeness (QED) is 0.794. The van der Waals surface area contributed by atoms with Gasteiger partial charge in [-0.2, -0.15) is 0 Å². The summed E-state index contributed by atoms with van der Waals surface area (Å²) in [6, 6.07) is 3.59. The number of carbonyl (C=O) groups excluding carboxylic acids is 1. The number of hydrogen-bond donors (Lipinski definition) is 2. The number of carbonyl (C=O) groups is 1. The van der Waals surface area contributed by atoms with Crippen LogP contribution >= 0.6 is 40.7 Å². The first kappa shape index (κ1) is 20.6. The summed E-state index contributed by atoms with van der Waals surface area (Å²) >= 11 is 3.30. The molecule has 0 aromatic carbocycles.